The van der Waals surface area contributed by atoms with E-state index in [1.807, 2.05) is 30.3 Å². The maximum Gasteiger partial charge on any atom is 0.336 e. The molecule has 1 rings (SSSR count). The summed E-state index contributed by atoms with van der Waals surface area (Å²) in [6.45, 7) is 4.17. The molecule has 0 saturated carbocycles. The van der Waals surface area contributed by atoms with Crippen molar-refractivity contribution < 1.29 is 14.3 Å². The Hall–Kier alpha value is -1.87. The molecule has 0 aromatic heterocycles. The fourth-order valence-electron chi connectivity index (χ4n) is 1.29. The molecule has 3 heteroatoms. The van der Waals surface area contributed by atoms with Crippen molar-refractivity contribution in [2.75, 3.05) is 20.3 Å². The van der Waals surface area contributed by atoms with Crippen LogP contribution >= 0.6 is 0 Å². The maximum absolute atomic E-state index is 11.5. The second-order valence-corrected chi connectivity index (χ2v) is 3.38. The number of methoxy groups -OCH3 is 1. The fraction of sp³-hybridized carbons (Fsp3) is 0.214. The number of benzene rings is 1. The fourth-order valence-corrected chi connectivity index (χ4v) is 1.29. The highest BCUT2D eigenvalue weighted by Crippen LogP contribution is 2.08. The van der Waals surface area contributed by atoms with E-state index in [0.717, 1.165) is 5.56 Å². The van der Waals surface area contributed by atoms with Gasteiger partial charge >= 0.3 is 5.97 Å². The maximum atomic E-state index is 11.5. The van der Waals surface area contributed by atoms with E-state index in [0.29, 0.717) is 12.2 Å². The molecule has 0 unspecified atom stereocenters. The quantitative estimate of drug-likeness (QED) is 0.327. The van der Waals surface area contributed by atoms with Crippen LogP contribution in [0.4, 0.5) is 0 Å². The second-order valence-electron chi connectivity index (χ2n) is 3.38. The first-order valence-corrected chi connectivity index (χ1v) is 5.30. The Kier molecular flexibility index (Phi) is 5.75. The first-order chi connectivity index (χ1) is 8.27. The normalized spacial score (nSPS) is 11.0. The summed E-state index contributed by atoms with van der Waals surface area (Å²) in [7, 11) is 1.36. The van der Waals surface area contributed by atoms with E-state index >= 15 is 0 Å². The van der Waals surface area contributed by atoms with Gasteiger partial charge in [0.25, 0.3) is 0 Å². The topological polar surface area (TPSA) is 35.5 Å². The Morgan fingerprint density at radius 2 is 2.06 bits per heavy atom. The van der Waals surface area contributed by atoms with Crippen molar-refractivity contribution in [2.45, 2.75) is 0 Å². The second kappa shape index (κ2) is 7.41. The number of ether oxygens (including phenoxy) is 2. The molecule has 0 aliphatic rings. The summed E-state index contributed by atoms with van der Waals surface area (Å²) >= 11 is 0. The molecule has 0 radical (unpaired) electrons. The summed E-state index contributed by atoms with van der Waals surface area (Å²) in [5.74, 6) is -0.377. The van der Waals surface area contributed by atoms with Gasteiger partial charge in [0.05, 0.1) is 25.9 Å². The summed E-state index contributed by atoms with van der Waals surface area (Å²) in [6, 6.07) is 9.56. The minimum absolute atomic E-state index is 0.216. The molecular formula is C14H16O3. The number of carbonyl (C=O) groups is 1. The predicted octanol–water partition coefficient (Wildman–Crippen LogP) is 2.45. The summed E-state index contributed by atoms with van der Waals surface area (Å²) in [5.41, 5.74) is 1.43. The van der Waals surface area contributed by atoms with E-state index in [2.05, 4.69) is 6.58 Å². The van der Waals surface area contributed by atoms with Crippen LogP contribution in [-0.4, -0.2) is 26.3 Å². The molecule has 0 fully saturated rings. The van der Waals surface area contributed by atoms with Crippen molar-refractivity contribution in [3.05, 3.63) is 54.1 Å². The van der Waals surface area contributed by atoms with Crippen molar-refractivity contribution in [3.63, 3.8) is 0 Å². The van der Waals surface area contributed by atoms with Crippen LogP contribution in [0.2, 0.25) is 0 Å². The van der Waals surface area contributed by atoms with Gasteiger partial charge in [-0.25, -0.2) is 4.79 Å². The highest BCUT2D eigenvalue weighted by Gasteiger charge is 2.09. The molecule has 0 amide bonds. The highest BCUT2D eigenvalue weighted by molar-refractivity contribution is 5.93. The van der Waals surface area contributed by atoms with E-state index in [1.165, 1.54) is 7.11 Å². The van der Waals surface area contributed by atoms with E-state index in [4.69, 9.17) is 9.47 Å². The van der Waals surface area contributed by atoms with Crippen LogP contribution in [-0.2, 0) is 14.3 Å². The Balaban J connectivity index is 2.78. The Morgan fingerprint density at radius 3 is 2.65 bits per heavy atom. The predicted molar refractivity (Wildman–Crippen MR) is 67.5 cm³/mol. The average molecular weight is 232 g/mol. The molecule has 0 bridgehead atoms. The summed E-state index contributed by atoms with van der Waals surface area (Å²) in [6.07, 6.45) is 3.40. The number of rotatable bonds is 6. The molecule has 3 nitrogen and oxygen atoms in total. The average Bonchev–Trinajstić information content (AvgIpc) is 2.38. The van der Waals surface area contributed by atoms with Crippen molar-refractivity contribution >= 4 is 12.0 Å². The van der Waals surface area contributed by atoms with Gasteiger partial charge < -0.3 is 9.47 Å². The van der Waals surface area contributed by atoms with Crippen LogP contribution < -0.4 is 0 Å². The molecule has 0 spiro atoms. The first-order valence-electron chi connectivity index (χ1n) is 5.30. The van der Waals surface area contributed by atoms with E-state index in [1.54, 1.807) is 12.2 Å². The molecule has 0 N–H and O–H groups in total. The van der Waals surface area contributed by atoms with Gasteiger partial charge in [-0.15, -0.1) is 6.58 Å². The van der Waals surface area contributed by atoms with Gasteiger partial charge in [-0.1, -0.05) is 36.4 Å². The number of hydrogen-bond donors (Lipinski definition) is 0. The summed E-state index contributed by atoms with van der Waals surface area (Å²) in [4.78, 5) is 11.5. The smallest absolute Gasteiger partial charge is 0.336 e. The third kappa shape index (κ3) is 4.66. The highest BCUT2D eigenvalue weighted by atomic mass is 16.5. The minimum Gasteiger partial charge on any atom is -0.466 e. The van der Waals surface area contributed by atoms with Crippen molar-refractivity contribution in [2.24, 2.45) is 0 Å². The largest absolute Gasteiger partial charge is 0.466 e. The summed E-state index contributed by atoms with van der Waals surface area (Å²) < 4.78 is 9.96. The molecule has 0 atom stereocenters. The number of hydrogen-bond acceptors (Lipinski definition) is 3. The third-order valence-corrected chi connectivity index (χ3v) is 2.08. The zero-order valence-corrected chi connectivity index (χ0v) is 9.89. The molecule has 0 aliphatic heterocycles. The molecule has 0 aliphatic carbocycles. The first kappa shape index (κ1) is 13.2. The monoisotopic (exact) mass is 232 g/mol. The van der Waals surface area contributed by atoms with Gasteiger partial charge in [-0.3, -0.25) is 0 Å². The van der Waals surface area contributed by atoms with Crippen molar-refractivity contribution in [3.8, 4) is 0 Å². The molecular weight excluding hydrogens is 216 g/mol. The molecule has 17 heavy (non-hydrogen) atoms. The Morgan fingerprint density at radius 1 is 1.35 bits per heavy atom. The van der Waals surface area contributed by atoms with Crippen molar-refractivity contribution in [1.82, 2.24) is 0 Å². The van der Waals surface area contributed by atoms with Crippen LogP contribution in [0.3, 0.4) is 0 Å². The Labute approximate surface area is 101 Å². The van der Waals surface area contributed by atoms with Gasteiger partial charge in [0.15, 0.2) is 0 Å². The lowest BCUT2D eigenvalue weighted by atomic mass is 10.1. The summed E-state index contributed by atoms with van der Waals surface area (Å²) in [5, 5.41) is 0. The molecule has 0 heterocycles. The molecule has 1 aromatic rings. The van der Waals surface area contributed by atoms with E-state index in [9.17, 15) is 4.79 Å². The molecule has 0 saturated heterocycles. The van der Waals surface area contributed by atoms with Gasteiger partial charge in [0.2, 0.25) is 0 Å². The van der Waals surface area contributed by atoms with E-state index in [-0.39, 0.29) is 12.6 Å². The van der Waals surface area contributed by atoms with Crippen molar-refractivity contribution in [1.29, 1.82) is 0 Å². The van der Waals surface area contributed by atoms with E-state index < -0.39 is 0 Å². The van der Waals surface area contributed by atoms with Gasteiger partial charge in [-0.2, -0.15) is 0 Å². The standard InChI is InChI=1S/C14H16O3/c1-3-9-17-11-13(14(15)16-2)10-12-7-5-4-6-8-12/h3-8,10H,1,9,11H2,2H3/b13-10+. The lowest BCUT2D eigenvalue weighted by Gasteiger charge is -2.05. The van der Waals surface area contributed by atoms with Crippen LogP contribution in [0, 0.1) is 0 Å². The van der Waals surface area contributed by atoms with Crippen LogP contribution in [0.5, 0.6) is 0 Å². The van der Waals surface area contributed by atoms with Crippen LogP contribution in [0.25, 0.3) is 6.08 Å². The lowest BCUT2D eigenvalue weighted by Crippen LogP contribution is -2.10. The lowest BCUT2D eigenvalue weighted by molar-refractivity contribution is -0.136. The number of esters is 1. The number of carbonyl (C=O) groups excluding carboxylic acids is 1. The molecule has 1 aromatic carbocycles. The zero-order chi connectivity index (χ0) is 12.5. The SMILES string of the molecule is C=CCOC/C(=C\c1ccccc1)C(=O)OC. The van der Waals surface area contributed by atoms with Gasteiger partial charge in [-0.05, 0) is 11.6 Å². The molecule has 90 valence electrons. The zero-order valence-electron chi connectivity index (χ0n) is 9.89. The van der Waals surface area contributed by atoms with Crippen LogP contribution in [0.1, 0.15) is 5.56 Å². The van der Waals surface area contributed by atoms with Crippen LogP contribution in [0.15, 0.2) is 48.6 Å². The third-order valence-electron chi connectivity index (χ3n) is 2.08. The van der Waals surface area contributed by atoms with Gasteiger partial charge in [0, 0.05) is 0 Å². The minimum atomic E-state index is -0.377. The van der Waals surface area contributed by atoms with Gasteiger partial charge in [0.1, 0.15) is 0 Å². The Bertz CT molecular complexity index is 393.